The number of aliphatic hydroxyl groups is 3. The minimum atomic E-state index is -1.04. The van der Waals surface area contributed by atoms with E-state index in [2.05, 4.69) is 0 Å². The molecule has 1 saturated heterocycles. The van der Waals surface area contributed by atoms with Crippen LogP contribution < -0.4 is 0 Å². The summed E-state index contributed by atoms with van der Waals surface area (Å²) in [5, 5.41) is 28.8. The molecule has 1 fully saturated rings. The molecule has 1 aliphatic heterocycles. The first kappa shape index (κ1) is 11.9. The van der Waals surface area contributed by atoms with Crippen molar-refractivity contribution < 1.29 is 20.1 Å². The normalized spacial score (nSPS) is 40.9. The van der Waals surface area contributed by atoms with Crippen molar-refractivity contribution in [2.24, 2.45) is 10.8 Å². The van der Waals surface area contributed by atoms with Gasteiger partial charge in [-0.2, -0.15) is 0 Å². The molecule has 3 atom stereocenters. The summed E-state index contributed by atoms with van der Waals surface area (Å²) >= 11 is 0. The van der Waals surface area contributed by atoms with E-state index in [4.69, 9.17) is 9.84 Å². The van der Waals surface area contributed by atoms with Crippen LogP contribution in [0.4, 0.5) is 0 Å². The third kappa shape index (κ3) is 1.56. The van der Waals surface area contributed by atoms with Crippen LogP contribution in [0.3, 0.4) is 0 Å². The van der Waals surface area contributed by atoms with Gasteiger partial charge in [0.1, 0.15) is 0 Å². The average molecular weight is 204 g/mol. The summed E-state index contributed by atoms with van der Waals surface area (Å²) in [6.45, 7) is 6.95. The monoisotopic (exact) mass is 204 g/mol. The van der Waals surface area contributed by atoms with Crippen LogP contribution in [0.2, 0.25) is 0 Å². The van der Waals surface area contributed by atoms with Gasteiger partial charge in [-0.3, -0.25) is 0 Å². The second-order valence-electron chi connectivity index (χ2n) is 5.20. The van der Waals surface area contributed by atoms with Crippen molar-refractivity contribution in [3.05, 3.63) is 0 Å². The molecule has 1 rings (SSSR count). The van der Waals surface area contributed by atoms with E-state index in [-0.39, 0.29) is 6.61 Å². The minimum Gasteiger partial charge on any atom is -0.394 e. The van der Waals surface area contributed by atoms with Gasteiger partial charge in [0.2, 0.25) is 0 Å². The van der Waals surface area contributed by atoms with E-state index in [1.165, 1.54) is 0 Å². The Morgan fingerprint density at radius 3 is 2.00 bits per heavy atom. The van der Waals surface area contributed by atoms with Gasteiger partial charge in [0.25, 0.3) is 0 Å². The first-order chi connectivity index (χ1) is 6.24. The van der Waals surface area contributed by atoms with Gasteiger partial charge in [0.15, 0.2) is 6.29 Å². The van der Waals surface area contributed by atoms with E-state index in [1.54, 1.807) is 13.8 Å². The third-order valence-electron chi connectivity index (χ3n) is 3.33. The molecule has 0 bridgehead atoms. The van der Waals surface area contributed by atoms with Gasteiger partial charge < -0.3 is 20.1 Å². The highest BCUT2D eigenvalue weighted by Gasteiger charge is 2.53. The first-order valence-electron chi connectivity index (χ1n) is 4.87. The van der Waals surface area contributed by atoms with E-state index in [9.17, 15) is 10.2 Å². The molecule has 1 heterocycles. The predicted molar refractivity (Wildman–Crippen MR) is 51.5 cm³/mol. The highest BCUT2D eigenvalue weighted by atomic mass is 16.6. The smallest absolute Gasteiger partial charge is 0.162 e. The zero-order valence-corrected chi connectivity index (χ0v) is 9.19. The predicted octanol–water partition coefficient (Wildman–Crippen LogP) is 0.109. The van der Waals surface area contributed by atoms with Crippen molar-refractivity contribution in [3.8, 4) is 0 Å². The third-order valence-corrected chi connectivity index (χ3v) is 3.33. The highest BCUT2D eigenvalue weighted by molar-refractivity contribution is 4.99. The van der Waals surface area contributed by atoms with Crippen LogP contribution >= 0.6 is 0 Å². The second kappa shape index (κ2) is 3.45. The molecule has 84 valence electrons. The van der Waals surface area contributed by atoms with E-state index >= 15 is 0 Å². The molecule has 0 amide bonds. The fraction of sp³-hybridized carbons (Fsp3) is 1.00. The van der Waals surface area contributed by atoms with Gasteiger partial charge in [0, 0.05) is 10.8 Å². The Kier molecular flexibility index (Phi) is 2.94. The van der Waals surface area contributed by atoms with E-state index < -0.39 is 29.3 Å². The summed E-state index contributed by atoms with van der Waals surface area (Å²) in [5.74, 6) is 0. The lowest BCUT2D eigenvalue weighted by atomic mass is 9.66. The van der Waals surface area contributed by atoms with Gasteiger partial charge in [0.05, 0.1) is 18.8 Å². The molecule has 14 heavy (non-hydrogen) atoms. The van der Waals surface area contributed by atoms with E-state index in [1.807, 2.05) is 13.8 Å². The minimum absolute atomic E-state index is 0.197. The van der Waals surface area contributed by atoms with Crippen LogP contribution in [0.5, 0.6) is 0 Å². The Morgan fingerprint density at radius 1 is 1.07 bits per heavy atom. The molecular weight excluding hydrogens is 184 g/mol. The largest absolute Gasteiger partial charge is 0.394 e. The Morgan fingerprint density at radius 2 is 1.57 bits per heavy atom. The maximum Gasteiger partial charge on any atom is 0.162 e. The van der Waals surface area contributed by atoms with Crippen LogP contribution in [0, 0.1) is 10.8 Å². The summed E-state index contributed by atoms with van der Waals surface area (Å²) in [4.78, 5) is 0. The molecule has 0 saturated carbocycles. The van der Waals surface area contributed by atoms with E-state index in [0.29, 0.717) is 0 Å². The lowest BCUT2D eigenvalue weighted by Crippen LogP contribution is -2.61. The van der Waals surface area contributed by atoms with Crippen molar-refractivity contribution in [1.29, 1.82) is 0 Å². The lowest BCUT2D eigenvalue weighted by Gasteiger charge is -2.52. The van der Waals surface area contributed by atoms with Crippen molar-refractivity contribution in [2.45, 2.75) is 46.2 Å². The maximum atomic E-state index is 10.1. The summed E-state index contributed by atoms with van der Waals surface area (Å²) in [7, 11) is 0. The van der Waals surface area contributed by atoms with Gasteiger partial charge >= 0.3 is 0 Å². The first-order valence-corrected chi connectivity index (χ1v) is 4.87. The second-order valence-corrected chi connectivity index (χ2v) is 5.20. The van der Waals surface area contributed by atoms with Crippen molar-refractivity contribution in [3.63, 3.8) is 0 Å². The van der Waals surface area contributed by atoms with Crippen molar-refractivity contribution >= 4 is 0 Å². The molecule has 0 radical (unpaired) electrons. The number of hydrogen-bond acceptors (Lipinski definition) is 4. The van der Waals surface area contributed by atoms with Crippen LogP contribution in [0.25, 0.3) is 0 Å². The van der Waals surface area contributed by atoms with Crippen LogP contribution in [-0.4, -0.2) is 40.4 Å². The quantitative estimate of drug-likeness (QED) is 0.567. The number of rotatable bonds is 1. The molecule has 3 N–H and O–H groups in total. The molecule has 4 nitrogen and oxygen atoms in total. The topological polar surface area (TPSA) is 69.9 Å². The molecule has 1 aliphatic rings. The highest BCUT2D eigenvalue weighted by Crippen LogP contribution is 2.45. The van der Waals surface area contributed by atoms with Gasteiger partial charge in [-0.1, -0.05) is 27.7 Å². The lowest BCUT2D eigenvalue weighted by molar-refractivity contribution is -0.307. The molecule has 0 aromatic rings. The molecular formula is C10H20O4. The van der Waals surface area contributed by atoms with Gasteiger partial charge in [-0.15, -0.1) is 0 Å². The van der Waals surface area contributed by atoms with Crippen LogP contribution in [0.15, 0.2) is 0 Å². The number of hydrogen-bond donors (Lipinski definition) is 3. The molecule has 0 aliphatic carbocycles. The molecule has 4 heteroatoms. The zero-order valence-electron chi connectivity index (χ0n) is 9.19. The standard InChI is InChI=1S/C10H20O4/c1-9(2)6(5-11)14-8(13)10(3,4)7(9)12/h6-8,11-13H,5H2,1-4H3. The molecule has 0 aromatic carbocycles. The fourth-order valence-corrected chi connectivity index (χ4v) is 2.05. The fourth-order valence-electron chi connectivity index (χ4n) is 2.05. The van der Waals surface area contributed by atoms with Crippen LogP contribution in [-0.2, 0) is 4.74 Å². The Hall–Kier alpha value is -0.160. The summed E-state index contributed by atoms with van der Waals surface area (Å²) < 4.78 is 5.28. The Bertz CT molecular complexity index is 212. The maximum absolute atomic E-state index is 10.1. The van der Waals surface area contributed by atoms with Gasteiger partial charge in [-0.25, -0.2) is 0 Å². The Labute approximate surface area is 84.5 Å². The summed E-state index contributed by atoms with van der Waals surface area (Å²) in [6, 6.07) is 0. The van der Waals surface area contributed by atoms with E-state index in [0.717, 1.165) is 0 Å². The average Bonchev–Trinajstić information content (AvgIpc) is 2.09. The van der Waals surface area contributed by atoms with Gasteiger partial charge in [-0.05, 0) is 0 Å². The Balaban J connectivity index is 2.97. The summed E-state index contributed by atoms with van der Waals surface area (Å²) in [6.07, 6.45) is -2.28. The number of ether oxygens (including phenoxy) is 1. The van der Waals surface area contributed by atoms with Crippen molar-refractivity contribution in [1.82, 2.24) is 0 Å². The SMILES string of the molecule is CC1(C)C(O)OC(CO)C(C)(C)C1O. The van der Waals surface area contributed by atoms with Crippen molar-refractivity contribution in [2.75, 3.05) is 6.61 Å². The molecule has 3 unspecified atom stereocenters. The van der Waals surface area contributed by atoms with Crippen LogP contribution in [0.1, 0.15) is 27.7 Å². The molecule has 0 aromatic heterocycles. The molecule has 0 spiro atoms. The zero-order chi connectivity index (χ0) is 11.1. The summed E-state index contributed by atoms with van der Waals surface area (Å²) in [5.41, 5.74) is -1.27. The number of aliphatic hydroxyl groups excluding tert-OH is 3.